The molecule has 3 aromatic carbocycles. The first-order valence-corrected chi connectivity index (χ1v) is 12.8. The highest BCUT2D eigenvalue weighted by molar-refractivity contribution is 6.06. The number of nitrogens with zero attached hydrogens (tertiary/aromatic N) is 3. The number of hydrogen-bond donors (Lipinski definition) is 0. The molecule has 0 atom stereocenters. The van der Waals surface area contributed by atoms with Crippen molar-refractivity contribution in [3.8, 4) is 0 Å². The second-order valence-corrected chi connectivity index (χ2v) is 9.79. The van der Waals surface area contributed by atoms with Crippen LogP contribution in [0.3, 0.4) is 0 Å². The van der Waals surface area contributed by atoms with Crippen LogP contribution in [0.25, 0.3) is 10.9 Å². The monoisotopic (exact) mass is 491 g/mol. The first-order valence-electron chi connectivity index (χ1n) is 12.8. The maximum atomic E-state index is 13.6. The van der Waals surface area contributed by atoms with Crippen molar-refractivity contribution >= 4 is 34.2 Å². The van der Waals surface area contributed by atoms with Crippen LogP contribution in [0.15, 0.2) is 72.8 Å². The molecule has 2 aliphatic rings. The molecule has 0 spiro atoms. The fourth-order valence-corrected chi connectivity index (χ4v) is 5.52. The third-order valence-electron chi connectivity index (χ3n) is 7.37. The lowest BCUT2D eigenvalue weighted by Crippen LogP contribution is -2.30. The molecule has 0 saturated carbocycles. The third-order valence-corrected chi connectivity index (χ3v) is 7.37. The summed E-state index contributed by atoms with van der Waals surface area (Å²) in [7, 11) is 2.04. The van der Waals surface area contributed by atoms with E-state index in [2.05, 4.69) is 17.0 Å². The number of hydrogen-bond acceptors (Lipinski definition) is 5. The molecule has 6 nitrogen and oxygen atoms in total. The van der Waals surface area contributed by atoms with Crippen LogP contribution in [0.2, 0.25) is 0 Å². The normalized spacial score (nSPS) is 14.9. The minimum Gasteiger partial charge on any atom is -0.462 e. The van der Waals surface area contributed by atoms with E-state index in [0.717, 1.165) is 70.5 Å². The van der Waals surface area contributed by atoms with E-state index in [1.54, 1.807) is 4.90 Å². The zero-order valence-electron chi connectivity index (χ0n) is 20.9. The highest BCUT2D eigenvalue weighted by Gasteiger charge is 2.28. The summed E-state index contributed by atoms with van der Waals surface area (Å²) in [5, 5.41) is 0.795. The number of fused-ring (bicyclic) bond motifs is 4. The summed E-state index contributed by atoms with van der Waals surface area (Å²) in [6.45, 7) is 1.57. The van der Waals surface area contributed by atoms with Crippen LogP contribution in [0.5, 0.6) is 0 Å². The SMILES string of the molecule is CN1CCc2nc3ccccc3c(C(=O)OCCC(=O)N3c4ccccc4CCc4ccccc43)c2C1. The summed E-state index contributed by atoms with van der Waals surface area (Å²) < 4.78 is 5.77. The van der Waals surface area contributed by atoms with Crippen molar-refractivity contribution in [1.29, 1.82) is 0 Å². The number of aryl methyl sites for hydroxylation is 2. The van der Waals surface area contributed by atoms with Crippen molar-refractivity contribution in [2.24, 2.45) is 0 Å². The Bertz CT molecular complexity index is 1470. The predicted molar refractivity (Wildman–Crippen MR) is 144 cm³/mol. The lowest BCUT2D eigenvalue weighted by atomic mass is 9.96. The number of ether oxygens (including phenoxy) is 1. The molecule has 0 N–H and O–H groups in total. The Morgan fingerprint density at radius 1 is 0.865 bits per heavy atom. The van der Waals surface area contributed by atoms with Gasteiger partial charge in [-0.25, -0.2) is 4.79 Å². The van der Waals surface area contributed by atoms with Gasteiger partial charge in [0.2, 0.25) is 5.91 Å². The van der Waals surface area contributed by atoms with Crippen molar-refractivity contribution in [2.75, 3.05) is 25.1 Å². The summed E-state index contributed by atoms with van der Waals surface area (Å²) in [5.41, 5.74) is 7.35. The van der Waals surface area contributed by atoms with E-state index in [0.29, 0.717) is 12.1 Å². The van der Waals surface area contributed by atoms with Crippen LogP contribution < -0.4 is 4.90 Å². The van der Waals surface area contributed by atoms with Crippen molar-refractivity contribution in [3.63, 3.8) is 0 Å². The molecule has 0 bridgehead atoms. The molecule has 37 heavy (non-hydrogen) atoms. The summed E-state index contributed by atoms with van der Waals surface area (Å²) in [5.74, 6) is -0.481. The van der Waals surface area contributed by atoms with Crippen molar-refractivity contribution < 1.29 is 14.3 Å². The molecule has 1 aromatic heterocycles. The molecule has 2 aliphatic heterocycles. The van der Waals surface area contributed by atoms with Crippen LogP contribution >= 0.6 is 0 Å². The van der Waals surface area contributed by atoms with E-state index in [4.69, 9.17) is 9.72 Å². The minimum atomic E-state index is -0.394. The maximum absolute atomic E-state index is 13.6. The molecule has 1 amide bonds. The zero-order valence-corrected chi connectivity index (χ0v) is 20.9. The number of amides is 1. The molecule has 3 heterocycles. The zero-order chi connectivity index (χ0) is 25.4. The largest absolute Gasteiger partial charge is 0.462 e. The third kappa shape index (κ3) is 4.38. The molecule has 186 valence electrons. The number of pyridine rings is 1. The summed E-state index contributed by atoms with van der Waals surface area (Å²) in [4.78, 5) is 35.9. The molecule has 6 rings (SSSR count). The van der Waals surface area contributed by atoms with Gasteiger partial charge in [0.1, 0.15) is 6.61 Å². The molecule has 0 aliphatic carbocycles. The second-order valence-electron chi connectivity index (χ2n) is 9.79. The van der Waals surface area contributed by atoms with Gasteiger partial charge >= 0.3 is 5.97 Å². The molecule has 0 unspecified atom stereocenters. The number of esters is 1. The topological polar surface area (TPSA) is 62.7 Å². The van der Waals surface area contributed by atoms with Gasteiger partial charge in [-0.05, 0) is 49.2 Å². The van der Waals surface area contributed by atoms with E-state index < -0.39 is 5.97 Å². The number of carbonyl (C=O) groups is 2. The van der Waals surface area contributed by atoms with Crippen molar-refractivity contribution in [2.45, 2.75) is 32.2 Å². The predicted octanol–water partition coefficient (Wildman–Crippen LogP) is 5.23. The Labute approximate surface area is 216 Å². The standard InChI is InChI=1S/C31H29N3O3/c1-33-18-16-26-24(20-33)30(23-10-4-5-11-25(23)32-26)31(36)37-19-17-29(35)34-27-12-6-2-8-21(27)14-15-22-9-3-7-13-28(22)34/h2-13H,14-20H2,1H3. The molecular weight excluding hydrogens is 462 g/mol. The Kier molecular flexibility index (Phi) is 6.18. The maximum Gasteiger partial charge on any atom is 0.339 e. The molecule has 0 saturated heterocycles. The molecular formula is C31H29N3O3. The van der Waals surface area contributed by atoms with Gasteiger partial charge in [-0.2, -0.15) is 0 Å². The molecule has 6 heteroatoms. The highest BCUT2D eigenvalue weighted by Crippen LogP contribution is 2.36. The number of benzene rings is 3. The first-order chi connectivity index (χ1) is 18.1. The summed E-state index contributed by atoms with van der Waals surface area (Å²) in [6, 6.07) is 23.8. The van der Waals surface area contributed by atoms with Crippen LogP contribution in [0, 0.1) is 0 Å². The Balaban J connectivity index is 1.26. The van der Waals surface area contributed by atoms with E-state index >= 15 is 0 Å². The fraction of sp³-hybridized carbons (Fsp3) is 0.258. The van der Waals surface area contributed by atoms with Crippen LogP contribution in [0.4, 0.5) is 11.4 Å². The van der Waals surface area contributed by atoms with E-state index in [1.165, 1.54) is 0 Å². The first kappa shape index (κ1) is 23.4. The van der Waals surface area contributed by atoms with Gasteiger partial charge in [0.15, 0.2) is 0 Å². The van der Waals surface area contributed by atoms with Crippen LogP contribution in [-0.2, 0) is 35.3 Å². The van der Waals surface area contributed by atoms with Gasteiger partial charge in [-0.3, -0.25) is 14.7 Å². The van der Waals surface area contributed by atoms with Gasteiger partial charge in [-0.15, -0.1) is 0 Å². The van der Waals surface area contributed by atoms with Gasteiger partial charge in [-0.1, -0.05) is 54.6 Å². The van der Waals surface area contributed by atoms with Gasteiger partial charge in [0.25, 0.3) is 0 Å². The van der Waals surface area contributed by atoms with Crippen LogP contribution in [-0.4, -0.2) is 42.0 Å². The van der Waals surface area contributed by atoms with E-state index in [1.807, 2.05) is 67.7 Å². The Morgan fingerprint density at radius 2 is 1.51 bits per heavy atom. The van der Waals surface area contributed by atoms with Gasteiger partial charge in [0, 0.05) is 36.2 Å². The number of carbonyl (C=O) groups excluding carboxylic acids is 2. The second kappa shape index (κ2) is 9.79. The quantitative estimate of drug-likeness (QED) is 0.366. The average Bonchev–Trinajstić information content (AvgIpc) is 3.08. The summed E-state index contributed by atoms with van der Waals surface area (Å²) >= 11 is 0. The van der Waals surface area contributed by atoms with Crippen molar-refractivity contribution in [1.82, 2.24) is 9.88 Å². The lowest BCUT2D eigenvalue weighted by Gasteiger charge is -2.27. The highest BCUT2D eigenvalue weighted by atomic mass is 16.5. The number of likely N-dealkylation sites (N-methyl/N-ethyl adjacent to an activating group) is 1. The van der Waals surface area contributed by atoms with Gasteiger partial charge < -0.3 is 9.64 Å². The summed E-state index contributed by atoms with van der Waals surface area (Å²) in [6.07, 6.45) is 2.64. The van der Waals surface area contributed by atoms with E-state index in [-0.39, 0.29) is 18.9 Å². The molecule has 0 radical (unpaired) electrons. The lowest BCUT2D eigenvalue weighted by molar-refractivity contribution is -0.118. The number of aromatic nitrogens is 1. The molecule has 0 fully saturated rings. The Morgan fingerprint density at radius 3 is 2.24 bits per heavy atom. The minimum absolute atomic E-state index is 0.0137. The Hall–Kier alpha value is -4.03. The van der Waals surface area contributed by atoms with Crippen molar-refractivity contribution in [3.05, 3.63) is 101 Å². The average molecular weight is 492 g/mol. The van der Waals surface area contributed by atoms with Crippen LogP contribution in [0.1, 0.15) is 39.2 Å². The smallest absolute Gasteiger partial charge is 0.339 e. The molecule has 4 aromatic rings. The number of para-hydroxylation sites is 3. The number of rotatable bonds is 4. The number of anilines is 2. The fourth-order valence-electron chi connectivity index (χ4n) is 5.52. The van der Waals surface area contributed by atoms with E-state index in [9.17, 15) is 9.59 Å². The van der Waals surface area contributed by atoms with Gasteiger partial charge in [0.05, 0.1) is 28.9 Å².